The number of hydrogen-bond acceptors (Lipinski definition) is 1. The van der Waals surface area contributed by atoms with E-state index in [1.165, 1.54) is 0 Å². The maximum absolute atomic E-state index is 9.31. The molecule has 0 saturated carbocycles. The van der Waals surface area contributed by atoms with Crippen molar-refractivity contribution in [3.8, 4) is 0 Å². The normalized spacial score (nSPS) is 10.9. The second-order valence-electron chi connectivity index (χ2n) is 2.28. The van der Waals surface area contributed by atoms with Gasteiger partial charge in [-0.25, -0.2) is 5.21 Å². The molecule has 0 bridgehead atoms. The molecule has 0 spiro atoms. The number of hydrogen-bond donors (Lipinski definition) is 1. The largest absolute Gasteiger partial charge is 0.217 e. The van der Waals surface area contributed by atoms with Crippen LogP contribution in [-0.2, 0) is 0 Å². The highest BCUT2D eigenvalue weighted by molar-refractivity contribution is 4.68. The van der Waals surface area contributed by atoms with Gasteiger partial charge in [0.2, 0.25) is 0 Å². The summed E-state index contributed by atoms with van der Waals surface area (Å²) in [7, 11) is 1.71. The van der Waals surface area contributed by atoms with Gasteiger partial charge in [-0.2, -0.15) is 4.65 Å². The van der Waals surface area contributed by atoms with E-state index in [1.807, 2.05) is 0 Å². The van der Waals surface area contributed by atoms with E-state index in [2.05, 4.69) is 13.2 Å². The fourth-order valence-corrected chi connectivity index (χ4v) is 0.631. The first-order chi connectivity index (χ1) is 4.12. The molecule has 0 amide bonds. The maximum Gasteiger partial charge on any atom is 0.127 e. The Balaban J connectivity index is 3.68. The minimum atomic E-state index is -0.0486. The van der Waals surface area contributed by atoms with Crippen molar-refractivity contribution in [3.63, 3.8) is 0 Å². The highest BCUT2D eigenvalue weighted by Gasteiger charge is 2.12. The van der Waals surface area contributed by atoms with Gasteiger partial charge < -0.3 is 0 Å². The predicted octanol–water partition coefficient (Wildman–Crippen LogP) is 1.19. The molecule has 0 saturated heterocycles. The number of hydroxylamine groups is 3. The van der Waals surface area contributed by atoms with Crippen LogP contribution in [0.2, 0.25) is 0 Å². The van der Waals surface area contributed by atoms with Crippen LogP contribution in [0.25, 0.3) is 0 Å². The van der Waals surface area contributed by atoms with Gasteiger partial charge in [-0.05, 0) is 12.2 Å². The van der Waals surface area contributed by atoms with Gasteiger partial charge >= 0.3 is 0 Å². The maximum atomic E-state index is 9.31. The third-order valence-electron chi connectivity index (χ3n) is 1.04. The molecular formula is C7H14NO+. The minimum absolute atomic E-state index is 0.0486. The van der Waals surface area contributed by atoms with Gasteiger partial charge in [-0.1, -0.05) is 13.2 Å². The third-order valence-corrected chi connectivity index (χ3v) is 1.04. The molecule has 0 aromatic rings. The first-order valence-electron chi connectivity index (χ1n) is 2.91. The highest BCUT2D eigenvalue weighted by atomic mass is 16.5. The monoisotopic (exact) mass is 128 g/mol. The number of likely N-dealkylation sites (N-methyl/N-ethyl adjacent to an activating group) is 1. The van der Waals surface area contributed by atoms with E-state index < -0.39 is 0 Å². The Kier molecular flexibility index (Phi) is 3.20. The molecule has 0 aromatic heterocycles. The number of rotatable bonds is 4. The van der Waals surface area contributed by atoms with Crippen LogP contribution in [0.15, 0.2) is 25.3 Å². The lowest BCUT2D eigenvalue weighted by Crippen LogP contribution is -2.40. The van der Waals surface area contributed by atoms with Gasteiger partial charge in [0.25, 0.3) is 0 Å². The Morgan fingerprint density at radius 2 is 1.67 bits per heavy atom. The smallest absolute Gasteiger partial charge is 0.127 e. The van der Waals surface area contributed by atoms with Crippen molar-refractivity contribution in [1.82, 2.24) is 0 Å². The van der Waals surface area contributed by atoms with Crippen LogP contribution in [0.3, 0.4) is 0 Å². The van der Waals surface area contributed by atoms with E-state index in [0.29, 0.717) is 13.1 Å². The Labute approximate surface area is 56.3 Å². The molecule has 9 heavy (non-hydrogen) atoms. The molecule has 0 unspecified atom stereocenters. The lowest BCUT2D eigenvalue weighted by molar-refractivity contribution is -1.08. The van der Waals surface area contributed by atoms with Crippen molar-refractivity contribution >= 4 is 0 Å². The van der Waals surface area contributed by atoms with E-state index in [9.17, 15) is 5.21 Å². The Morgan fingerprint density at radius 3 is 1.89 bits per heavy atom. The van der Waals surface area contributed by atoms with Gasteiger partial charge in [0, 0.05) is 0 Å². The lowest BCUT2D eigenvalue weighted by atomic mass is 10.5. The summed E-state index contributed by atoms with van der Waals surface area (Å²) in [6.45, 7) is 8.16. The molecule has 0 rings (SSSR count). The van der Waals surface area contributed by atoms with Crippen LogP contribution in [0.4, 0.5) is 0 Å². The molecule has 2 heteroatoms. The molecule has 0 radical (unpaired) electrons. The first kappa shape index (κ1) is 8.40. The zero-order valence-corrected chi connectivity index (χ0v) is 5.88. The van der Waals surface area contributed by atoms with Crippen molar-refractivity contribution in [3.05, 3.63) is 25.3 Å². The van der Waals surface area contributed by atoms with E-state index in [1.54, 1.807) is 19.2 Å². The fraction of sp³-hybridized carbons (Fsp3) is 0.429. The Hall–Kier alpha value is -0.600. The number of quaternary nitrogens is 1. The highest BCUT2D eigenvalue weighted by Crippen LogP contribution is 1.94. The van der Waals surface area contributed by atoms with E-state index in [0.717, 1.165) is 0 Å². The summed E-state index contributed by atoms with van der Waals surface area (Å²) in [4.78, 5) is 0. The molecule has 0 aliphatic heterocycles. The van der Waals surface area contributed by atoms with Crippen LogP contribution in [0.1, 0.15) is 0 Å². The molecule has 1 N–H and O–H groups in total. The van der Waals surface area contributed by atoms with E-state index >= 15 is 0 Å². The Morgan fingerprint density at radius 1 is 1.33 bits per heavy atom. The van der Waals surface area contributed by atoms with Crippen molar-refractivity contribution in [2.75, 3.05) is 20.1 Å². The van der Waals surface area contributed by atoms with Gasteiger partial charge in [-0.15, -0.1) is 0 Å². The zero-order chi connectivity index (χ0) is 7.33. The summed E-state index contributed by atoms with van der Waals surface area (Å²) in [5.74, 6) is 0. The standard InChI is InChI=1S/C7H14NO/c1-4-6-8(3,9)7-5-2/h4-5,9H,1-2,6-7H2,3H3/q+1. The molecular weight excluding hydrogens is 114 g/mol. The molecule has 0 aliphatic rings. The molecule has 0 atom stereocenters. The third kappa shape index (κ3) is 3.94. The fourth-order valence-electron chi connectivity index (χ4n) is 0.631. The van der Waals surface area contributed by atoms with Gasteiger partial charge in [0.1, 0.15) is 13.1 Å². The minimum Gasteiger partial charge on any atom is -0.217 e. The average molecular weight is 128 g/mol. The molecule has 0 aromatic carbocycles. The van der Waals surface area contributed by atoms with Crippen molar-refractivity contribution in [2.45, 2.75) is 0 Å². The second kappa shape index (κ2) is 3.43. The second-order valence-corrected chi connectivity index (χ2v) is 2.28. The van der Waals surface area contributed by atoms with Crippen LogP contribution >= 0.6 is 0 Å². The summed E-state index contributed by atoms with van der Waals surface area (Å²) in [6.07, 6.45) is 3.37. The molecule has 0 heterocycles. The molecule has 0 aliphatic carbocycles. The van der Waals surface area contributed by atoms with Crippen LogP contribution in [0.5, 0.6) is 0 Å². The van der Waals surface area contributed by atoms with Crippen LogP contribution in [0, 0.1) is 0 Å². The molecule has 0 fully saturated rings. The topological polar surface area (TPSA) is 20.2 Å². The summed E-state index contributed by atoms with van der Waals surface area (Å²) < 4.78 is -0.0486. The summed E-state index contributed by atoms with van der Waals surface area (Å²) >= 11 is 0. The first-order valence-corrected chi connectivity index (χ1v) is 2.91. The van der Waals surface area contributed by atoms with Crippen LogP contribution < -0.4 is 0 Å². The van der Waals surface area contributed by atoms with Crippen molar-refractivity contribution < 1.29 is 9.85 Å². The summed E-state index contributed by atoms with van der Waals surface area (Å²) in [5, 5.41) is 9.31. The van der Waals surface area contributed by atoms with E-state index in [-0.39, 0.29) is 4.65 Å². The molecule has 2 nitrogen and oxygen atoms in total. The average Bonchev–Trinajstić information content (AvgIpc) is 1.64. The SMILES string of the molecule is C=CC[N+](C)(O)CC=C. The quantitative estimate of drug-likeness (QED) is 0.342. The van der Waals surface area contributed by atoms with E-state index in [4.69, 9.17) is 0 Å². The Bertz CT molecular complexity index is 95.5. The summed E-state index contributed by atoms with van der Waals surface area (Å²) in [6, 6.07) is 0. The van der Waals surface area contributed by atoms with Gasteiger partial charge in [0.05, 0.1) is 7.05 Å². The van der Waals surface area contributed by atoms with Crippen molar-refractivity contribution in [2.24, 2.45) is 0 Å². The van der Waals surface area contributed by atoms with Crippen LogP contribution in [-0.4, -0.2) is 30.0 Å². The lowest BCUT2D eigenvalue weighted by Gasteiger charge is -2.21. The number of nitrogens with zero attached hydrogens (tertiary/aromatic N) is 1. The summed E-state index contributed by atoms with van der Waals surface area (Å²) in [5.41, 5.74) is 0. The van der Waals surface area contributed by atoms with Gasteiger partial charge in [-0.3, -0.25) is 0 Å². The molecule has 52 valence electrons. The zero-order valence-electron chi connectivity index (χ0n) is 5.88. The van der Waals surface area contributed by atoms with Gasteiger partial charge in [0.15, 0.2) is 0 Å². The van der Waals surface area contributed by atoms with Crippen molar-refractivity contribution in [1.29, 1.82) is 0 Å². The predicted molar refractivity (Wildman–Crippen MR) is 38.1 cm³/mol.